The van der Waals surface area contributed by atoms with E-state index in [1.54, 1.807) is 30.3 Å². The van der Waals surface area contributed by atoms with Gasteiger partial charge >= 0.3 is 5.97 Å². The molecule has 7 rings (SSSR count). The van der Waals surface area contributed by atoms with E-state index in [1.807, 2.05) is 30.5 Å². The van der Waals surface area contributed by atoms with Crippen molar-refractivity contribution in [2.75, 3.05) is 17.3 Å². The fraction of sp³-hybridized carbons (Fsp3) is 0.200. The average molecular weight is 555 g/mol. The maximum absolute atomic E-state index is 14.3. The lowest BCUT2D eigenvalue weighted by Gasteiger charge is -2.30. The maximum atomic E-state index is 14.3. The number of hydrogen-bond donors (Lipinski definition) is 3. The molecule has 3 aliphatic heterocycles. The Kier molecular flexibility index (Phi) is 5.39. The summed E-state index contributed by atoms with van der Waals surface area (Å²) in [5, 5.41) is 7.72. The molecular formula is C30H23ClN4O5. The van der Waals surface area contributed by atoms with E-state index in [4.69, 9.17) is 16.3 Å². The van der Waals surface area contributed by atoms with Crippen LogP contribution in [0.15, 0.2) is 72.9 Å². The van der Waals surface area contributed by atoms with Crippen LogP contribution in [0.5, 0.6) is 0 Å². The molecule has 4 heterocycles. The van der Waals surface area contributed by atoms with Crippen LogP contribution in [0, 0.1) is 11.8 Å². The predicted molar refractivity (Wildman–Crippen MR) is 148 cm³/mol. The standard InChI is InChI=1S/C30H23ClN4O5/c1-40-28(38)18-7-3-5-9-23(18)35-26(36)24-22(12-15-14-32-20-8-4-2-6-17(15)20)34-30(25(24)27(35)37)19-13-16(31)10-11-21(19)33-29(30)39/h2-11,13-14,22,24-25,32,34H,12H2,1H3,(H,33,39)/t22?,24-,25+,30?/m1/s1. The summed E-state index contributed by atoms with van der Waals surface area (Å²) in [6.45, 7) is 0. The van der Waals surface area contributed by atoms with E-state index in [2.05, 4.69) is 15.6 Å². The number of fused-ring (bicyclic) bond motifs is 5. The number of carbonyl (C=O) groups excluding carboxylic acids is 4. The van der Waals surface area contributed by atoms with Crippen LogP contribution in [0.4, 0.5) is 11.4 Å². The monoisotopic (exact) mass is 554 g/mol. The van der Waals surface area contributed by atoms with Gasteiger partial charge in [0.15, 0.2) is 0 Å². The van der Waals surface area contributed by atoms with Crippen molar-refractivity contribution < 1.29 is 23.9 Å². The van der Waals surface area contributed by atoms with E-state index < -0.39 is 47.1 Å². The van der Waals surface area contributed by atoms with Gasteiger partial charge in [-0.25, -0.2) is 9.69 Å². The van der Waals surface area contributed by atoms with Crippen LogP contribution >= 0.6 is 11.6 Å². The molecule has 0 radical (unpaired) electrons. The number of aromatic nitrogens is 1. The lowest BCUT2D eigenvalue weighted by Crippen LogP contribution is -2.53. The van der Waals surface area contributed by atoms with Crippen LogP contribution in [-0.4, -0.2) is 41.8 Å². The third kappa shape index (κ3) is 3.25. The summed E-state index contributed by atoms with van der Waals surface area (Å²) in [6, 6.07) is 18.6. The van der Waals surface area contributed by atoms with Crippen molar-refractivity contribution in [1.29, 1.82) is 0 Å². The van der Waals surface area contributed by atoms with E-state index in [-0.39, 0.29) is 11.3 Å². The Morgan fingerprint density at radius 2 is 1.80 bits per heavy atom. The molecule has 1 spiro atoms. The van der Waals surface area contributed by atoms with Crippen LogP contribution in [-0.2, 0) is 31.1 Å². The first-order valence-corrected chi connectivity index (χ1v) is 13.2. The van der Waals surface area contributed by atoms with Crippen molar-refractivity contribution in [3.63, 3.8) is 0 Å². The lowest BCUT2D eigenvalue weighted by molar-refractivity contribution is -0.130. The molecule has 3 amide bonds. The molecule has 2 saturated heterocycles. The van der Waals surface area contributed by atoms with Crippen LogP contribution < -0.4 is 15.5 Å². The number of halogens is 1. The van der Waals surface area contributed by atoms with Gasteiger partial charge in [-0.15, -0.1) is 0 Å². The number of methoxy groups -OCH3 is 1. The summed E-state index contributed by atoms with van der Waals surface area (Å²) < 4.78 is 4.92. The zero-order chi connectivity index (χ0) is 27.8. The smallest absolute Gasteiger partial charge is 0.339 e. The number of anilines is 2. The van der Waals surface area contributed by atoms with E-state index in [0.29, 0.717) is 22.7 Å². The highest BCUT2D eigenvalue weighted by atomic mass is 35.5. The number of amides is 3. The summed E-state index contributed by atoms with van der Waals surface area (Å²) in [5.41, 5.74) is 1.63. The highest BCUT2D eigenvalue weighted by Crippen LogP contribution is 2.54. The Hall–Kier alpha value is -4.47. The number of esters is 1. The quantitative estimate of drug-likeness (QED) is 0.261. The molecular weight excluding hydrogens is 532 g/mol. The van der Waals surface area contributed by atoms with E-state index in [9.17, 15) is 19.2 Å². The molecule has 1 aromatic heterocycles. The fourth-order valence-electron chi connectivity index (χ4n) is 6.67. The number of para-hydroxylation sites is 2. The first-order valence-electron chi connectivity index (χ1n) is 12.8. The van der Waals surface area contributed by atoms with Crippen LogP contribution in [0.2, 0.25) is 5.02 Å². The lowest BCUT2D eigenvalue weighted by atomic mass is 9.76. The number of imide groups is 1. The second-order valence-electron chi connectivity index (χ2n) is 10.3. The minimum absolute atomic E-state index is 0.0844. The van der Waals surface area contributed by atoms with Crippen molar-refractivity contribution in [2.45, 2.75) is 18.0 Å². The van der Waals surface area contributed by atoms with Gasteiger partial charge in [-0.1, -0.05) is 41.9 Å². The minimum atomic E-state index is -1.52. The first-order chi connectivity index (χ1) is 19.3. The topological polar surface area (TPSA) is 121 Å². The number of nitrogens with one attached hydrogen (secondary N) is 3. The Morgan fingerprint density at radius 1 is 1.02 bits per heavy atom. The molecule has 200 valence electrons. The number of benzene rings is 3. The van der Waals surface area contributed by atoms with E-state index in [1.165, 1.54) is 19.2 Å². The number of nitrogens with zero attached hydrogens (tertiary/aromatic N) is 1. The van der Waals surface area contributed by atoms with Crippen molar-refractivity contribution in [3.05, 3.63) is 94.6 Å². The highest BCUT2D eigenvalue weighted by Gasteiger charge is 2.70. The van der Waals surface area contributed by atoms with Gasteiger partial charge < -0.3 is 15.0 Å². The summed E-state index contributed by atoms with van der Waals surface area (Å²) >= 11 is 6.37. The largest absolute Gasteiger partial charge is 0.465 e. The van der Waals surface area contributed by atoms with Crippen molar-refractivity contribution >= 4 is 57.6 Å². The second kappa shape index (κ2) is 8.77. The van der Waals surface area contributed by atoms with Crippen molar-refractivity contribution in [2.24, 2.45) is 11.8 Å². The number of H-pyrrole nitrogens is 1. The molecule has 3 aliphatic rings. The molecule has 40 heavy (non-hydrogen) atoms. The summed E-state index contributed by atoms with van der Waals surface area (Å²) in [6.07, 6.45) is 2.26. The molecule has 3 aromatic carbocycles. The van der Waals surface area contributed by atoms with E-state index in [0.717, 1.165) is 21.4 Å². The van der Waals surface area contributed by atoms with Gasteiger partial charge in [-0.2, -0.15) is 0 Å². The molecule has 9 nitrogen and oxygen atoms in total. The molecule has 10 heteroatoms. The van der Waals surface area contributed by atoms with Gasteiger partial charge in [0.1, 0.15) is 5.54 Å². The van der Waals surface area contributed by atoms with E-state index >= 15 is 0 Å². The zero-order valence-electron chi connectivity index (χ0n) is 21.2. The molecule has 4 aromatic rings. The number of carbonyl (C=O) groups is 4. The molecule has 0 bridgehead atoms. The van der Waals surface area contributed by atoms with Gasteiger partial charge in [0.2, 0.25) is 17.7 Å². The molecule has 2 unspecified atom stereocenters. The minimum Gasteiger partial charge on any atom is -0.465 e. The summed E-state index contributed by atoms with van der Waals surface area (Å²) in [4.78, 5) is 59.3. The highest BCUT2D eigenvalue weighted by molar-refractivity contribution is 6.31. The Bertz CT molecular complexity index is 1770. The number of ether oxygens (including phenoxy) is 1. The third-order valence-corrected chi connectivity index (χ3v) is 8.58. The third-order valence-electron chi connectivity index (χ3n) is 8.34. The van der Waals surface area contributed by atoms with Crippen molar-refractivity contribution in [3.8, 4) is 0 Å². The average Bonchev–Trinajstić information content (AvgIpc) is 3.67. The van der Waals surface area contributed by atoms with Crippen molar-refractivity contribution in [1.82, 2.24) is 10.3 Å². The Balaban J connectivity index is 1.40. The molecule has 2 fully saturated rings. The molecule has 4 atom stereocenters. The Morgan fingerprint density at radius 3 is 2.62 bits per heavy atom. The Labute approximate surface area is 233 Å². The number of rotatable bonds is 4. The van der Waals surface area contributed by atoms with Crippen LogP contribution in [0.3, 0.4) is 0 Å². The van der Waals surface area contributed by atoms with Gasteiger partial charge in [-0.3, -0.25) is 19.7 Å². The molecule has 0 aliphatic carbocycles. The summed E-state index contributed by atoms with van der Waals surface area (Å²) in [5.74, 6) is -4.10. The van der Waals surface area contributed by atoms with Gasteiger partial charge in [0, 0.05) is 39.4 Å². The van der Waals surface area contributed by atoms with Crippen LogP contribution in [0.25, 0.3) is 10.9 Å². The fourth-order valence-corrected chi connectivity index (χ4v) is 6.85. The maximum Gasteiger partial charge on any atom is 0.339 e. The number of hydrogen-bond acceptors (Lipinski definition) is 6. The van der Waals surface area contributed by atoms with Gasteiger partial charge in [0.25, 0.3) is 0 Å². The van der Waals surface area contributed by atoms with Gasteiger partial charge in [0.05, 0.1) is 30.2 Å². The molecule has 3 N–H and O–H groups in total. The van der Waals surface area contributed by atoms with Crippen LogP contribution in [0.1, 0.15) is 21.5 Å². The normalized spacial score (nSPS) is 25.0. The second-order valence-corrected chi connectivity index (χ2v) is 10.7. The first kappa shape index (κ1) is 24.6. The SMILES string of the molecule is COC(=O)c1ccccc1N1C(=O)[C@@H]2C(Cc3c[nH]c4ccccc34)NC3(C(=O)Nc4ccc(Cl)cc43)[C@@H]2C1=O. The number of aromatic amines is 1. The summed E-state index contributed by atoms with van der Waals surface area (Å²) in [7, 11) is 1.24. The predicted octanol–water partition coefficient (Wildman–Crippen LogP) is 3.78. The van der Waals surface area contributed by atoms with Gasteiger partial charge in [-0.05, 0) is 48.4 Å². The zero-order valence-corrected chi connectivity index (χ0v) is 22.0. The molecule has 0 saturated carbocycles.